The summed E-state index contributed by atoms with van der Waals surface area (Å²) in [6.45, 7) is 3.05. The lowest BCUT2D eigenvalue weighted by molar-refractivity contribution is -0.137. The number of halogens is 4. The SMILES string of the molecule is O=C(Nc1ccc(N2CCN(C(=O)Nc3cccc(C(F)(F)F)c3)CC2)c(C(=O)N2CCOCC2)c1)c1ccc(Cl)cc1. The van der Waals surface area contributed by atoms with Gasteiger partial charge in [-0.2, -0.15) is 13.2 Å². The molecule has 2 fully saturated rings. The molecule has 0 atom stereocenters. The van der Waals surface area contributed by atoms with E-state index in [0.717, 1.165) is 12.1 Å². The molecule has 2 N–H and O–H groups in total. The van der Waals surface area contributed by atoms with Crippen LogP contribution in [0.3, 0.4) is 0 Å². The average molecular weight is 616 g/mol. The molecule has 2 aliphatic heterocycles. The van der Waals surface area contributed by atoms with Crippen LogP contribution in [0, 0.1) is 0 Å². The molecule has 0 radical (unpaired) electrons. The number of urea groups is 1. The molecule has 0 aliphatic carbocycles. The molecule has 2 heterocycles. The average Bonchev–Trinajstić information content (AvgIpc) is 3.01. The summed E-state index contributed by atoms with van der Waals surface area (Å²) in [5.74, 6) is -0.555. The number of nitrogens with zero attached hydrogens (tertiary/aromatic N) is 3. The molecule has 0 spiro atoms. The van der Waals surface area contributed by atoms with E-state index in [-0.39, 0.29) is 30.6 Å². The molecule has 2 aliphatic rings. The predicted octanol–water partition coefficient (Wildman–Crippen LogP) is 5.44. The standard InChI is InChI=1S/C30H29ClF3N5O4/c31-22-6-4-20(5-7-22)27(40)35-24-8-9-26(25(19-24)28(41)38-14-16-43-17-15-38)37-10-12-39(13-11-37)29(42)36-23-3-1-2-21(18-23)30(32,33)34/h1-9,18-19H,10-17H2,(H,35,40)(H,36,42). The molecule has 0 unspecified atom stereocenters. The molecule has 226 valence electrons. The zero-order chi connectivity index (χ0) is 30.6. The number of piperazine rings is 1. The molecule has 0 aromatic heterocycles. The predicted molar refractivity (Wildman–Crippen MR) is 157 cm³/mol. The van der Waals surface area contributed by atoms with Crippen LogP contribution in [0.1, 0.15) is 26.3 Å². The Kier molecular flexibility index (Phi) is 9.07. The second kappa shape index (κ2) is 12.9. The number of anilines is 3. The number of ether oxygens (including phenoxy) is 1. The maximum Gasteiger partial charge on any atom is 0.416 e. The molecule has 0 saturated carbocycles. The van der Waals surface area contributed by atoms with Crippen molar-refractivity contribution in [3.63, 3.8) is 0 Å². The van der Waals surface area contributed by atoms with Gasteiger partial charge in [0.1, 0.15) is 0 Å². The number of amides is 4. The molecular formula is C30H29ClF3N5O4. The number of benzene rings is 3. The highest BCUT2D eigenvalue weighted by Crippen LogP contribution is 2.31. The number of hydrogen-bond donors (Lipinski definition) is 2. The second-order valence-corrected chi connectivity index (χ2v) is 10.5. The molecule has 3 aromatic carbocycles. The minimum absolute atomic E-state index is 0.0527. The fourth-order valence-corrected chi connectivity index (χ4v) is 5.05. The van der Waals surface area contributed by atoms with Crippen molar-refractivity contribution in [2.24, 2.45) is 0 Å². The third kappa shape index (κ3) is 7.38. The summed E-state index contributed by atoms with van der Waals surface area (Å²) in [5.41, 5.74) is 1.11. The van der Waals surface area contributed by atoms with Crippen molar-refractivity contribution >= 4 is 46.5 Å². The molecule has 9 nitrogen and oxygen atoms in total. The van der Waals surface area contributed by atoms with Crippen LogP contribution < -0.4 is 15.5 Å². The van der Waals surface area contributed by atoms with Crippen molar-refractivity contribution in [3.8, 4) is 0 Å². The maximum absolute atomic E-state index is 13.6. The summed E-state index contributed by atoms with van der Waals surface area (Å²) < 4.78 is 44.6. The second-order valence-electron chi connectivity index (χ2n) is 10.1. The summed E-state index contributed by atoms with van der Waals surface area (Å²) in [5, 5.41) is 5.89. The van der Waals surface area contributed by atoms with E-state index in [2.05, 4.69) is 10.6 Å². The number of carbonyl (C=O) groups is 3. The van der Waals surface area contributed by atoms with Crippen molar-refractivity contribution in [1.29, 1.82) is 0 Å². The highest BCUT2D eigenvalue weighted by molar-refractivity contribution is 6.30. The quantitative estimate of drug-likeness (QED) is 0.399. The van der Waals surface area contributed by atoms with Crippen LogP contribution in [0.5, 0.6) is 0 Å². The van der Waals surface area contributed by atoms with Crippen LogP contribution in [0.15, 0.2) is 66.7 Å². The smallest absolute Gasteiger partial charge is 0.378 e. The Morgan fingerprint density at radius 3 is 2.12 bits per heavy atom. The van der Waals surface area contributed by atoms with Gasteiger partial charge in [-0.15, -0.1) is 0 Å². The van der Waals surface area contributed by atoms with Gasteiger partial charge < -0.3 is 30.1 Å². The van der Waals surface area contributed by atoms with Gasteiger partial charge in [0.25, 0.3) is 11.8 Å². The van der Waals surface area contributed by atoms with Crippen molar-refractivity contribution in [3.05, 3.63) is 88.4 Å². The van der Waals surface area contributed by atoms with Crippen molar-refractivity contribution in [1.82, 2.24) is 9.80 Å². The largest absolute Gasteiger partial charge is 0.416 e. The summed E-state index contributed by atoms with van der Waals surface area (Å²) in [7, 11) is 0. The lowest BCUT2D eigenvalue weighted by atomic mass is 10.1. The van der Waals surface area contributed by atoms with E-state index in [1.165, 1.54) is 17.0 Å². The molecule has 43 heavy (non-hydrogen) atoms. The maximum atomic E-state index is 13.6. The number of alkyl halides is 3. The number of morpholine rings is 1. The summed E-state index contributed by atoms with van der Waals surface area (Å²) in [6.07, 6.45) is -4.52. The van der Waals surface area contributed by atoms with Crippen LogP contribution in [0.25, 0.3) is 0 Å². The fourth-order valence-electron chi connectivity index (χ4n) is 4.93. The molecule has 13 heteroatoms. The lowest BCUT2D eigenvalue weighted by Crippen LogP contribution is -2.50. The topological polar surface area (TPSA) is 94.2 Å². The van der Waals surface area contributed by atoms with Crippen LogP contribution in [-0.2, 0) is 10.9 Å². The van der Waals surface area contributed by atoms with E-state index in [1.807, 2.05) is 4.90 Å². The number of carbonyl (C=O) groups excluding carboxylic acids is 3. The molecule has 2 saturated heterocycles. The normalized spacial score (nSPS) is 15.7. The Morgan fingerprint density at radius 2 is 1.44 bits per heavy atom. The van der Waals surface area contributed by atoms with Gasteiger partial charge in [0.05, 0.1) is 24.3 Å². The Hall–Kier alpha value is -4.29. The zero-order valence-electron chi connectivity index (χ0n) is 23.0. The molecule has 5 rings (SSSR count). The van der Waals surface area contributed by atoms with Gasteiger partial charge in [0.2, 0.25) is 0 Å². The van der Waals surface area contributed by atoms with Gasteiger partial charge >= 0.3 is 12.2 Å². The van der Waals surface area contributed by atoms with Gasteiger partial charge in [-0.1, -0.05) is 17.7 Å². The van der Waals surface area contributed by atoms with Gasteiger partial charge in [-0.05, 0) is 60.7 Å². The van der Waals surface area contributed by atoms with Gasteiger partial charge in [0.15, 0.2) is 0 Å². The Bertz CT molecular complexity index is 1490. The van der Waals surface area contributed by atoms with Crippen LogP contribution in [0.4, 0.5) is 35.0 Å². The Labute approximate surface area is 251 Å². The minimum Gasteiger partial charge on any atom is -0.378 e. The third-order valence-corrected chi connectivity index (χ3v) is 7.49. The first-order chi connectivity index (χ1) is 20.6. The first kappa shape index (κ1) is 30.2. The summed E-state index contributed by atoms with van der Waals surface area (Å²) in [6, 6.07) is 15.5. The van der Waals surface area contributed by atoms with Gasteiger partial charge in [0, 0.05) is 66.9 Å². The number of rotatable bonds is 5. The van der Waals surface area contributed by atoms with E-state index in [0.29, 0.717) is 66.9 Å². The van der Waals surface area contributed by atoms with E-state index < -0.39 is 17.8 Å². The van der Waals surface area contributed by atoms with Crippen LogP contribution in [-0.4, -0.2) is 80.1 Å². The third-order valence-electron chi connectivity index (χ3n) is 7.24. The summed E-state index contributed by atoms with van der Waals surface area (Å²) in [4.78, 5) is 44.5. The van der Waals surface area contributed by atoms with Crippen molar-refractivity contribution in [2.45, 2.75) is 6.18 Å². The van der Waals surface area contributed by atoms with Crippen molar-refractivity contribution < 1.29 is 32.3 Å². The molecular weight excluding hydrogens is 587 g/mol. The van der Waals surface area contributed by atoms with E-state index in [9.17, 15) is 27.6 Å². The van der Waals surface area contributed by atoms with Crippen molar-refractivity contribution in [2.75, 3.05) is 68.0 Å². The summed E-state index contributed by atoms with van der Waals surface area (Å²) >= 11 is 5.93. The van der Waals surface area contributed by atoms with Crippen LogP contribution >= 0.6 is 11.6 Å². The van der Waals surface area contributed by atoms with Gasteiger partial charge in [-0.25, -0.2) is 4.79 Å². The first-order valence-electron chi connectivity index (χ1n) is 13.6. The fraction of sp³-hybridized carbons (Fsp3) is 0.300. The molecule has 0 bridgehead atoms. The monoisotopic (exact) mass is 615 g/mol. The molecule has 4 amide bonds. The Balaban J connectivity index is 1.30. The minimum atomic E-state index is -4.52. The van der Waals surface area contributed by atoms with E-state index >= 15 is 0 Å². The highest BCUT2D eigenvalue weighted by Gasteiger charge is 2.31. The number of nitrogens with one attached hydrogen (secondary N) is 2. The van der Waals surface area contributed by atoms with Gasteiger partial charge in [-0.3, -0.25) is 9.59 Å². The first-order valence-corrected chi connectivity index (χ1v) is 14.0. The highest BCUT2D eigenvalue weighted by atomic mass is 35.5. The van der Waals surface area contributed by atoms with Crippen LogP contribution in [0.2, 0.25) is 5.02 Å². The zero-order valence-corrected chi connectivity index (χ0v) is 23.8. The lowest BCUT2D eigenvalue weighted by Gasteiger charge is -2.37. The Morgan fingerprint density at radius 1 is 0.767 bits per heavy atom. The van der Waals surface area contributed by atoms with E-state index in [4.69, 9.17) is 16.3 Å². The van der Waals surface area contributed by atoms with E-state index in [1.54, 1.807) is 47.4 Å². The number of hydrogen-bond acceptors (Lipinski definition) is 5. The molecule has 3 aromatic rings.